The van der Waals surface area contributed by atoms with Gasteiger partial charge in [-0.3, -0.25) is 9.36 Å². The third kappa shape index (κ3) is 1.63. The zero-order valence-corrected chi connectivity index (χ0v) is 10.1. The van der Waals surface area contributed by atoms with Crippen molar-refractivity contribution in [1.29, 1.82) is 0 Å². The molecule has 0 bridgehead atoms. The van der Waals surface area contributed by atoms with Gasteiger partial charge in [0, 0.05) is 4.88 Å². The fraction of sp³-hybridized carbons (Fsp3) is 0.333. The van der Waals surface area contributed by atoms with Gasteiger partial charge in [0.2, 0.25) is 0 Å². The summed E-state index contributed by atoms with van der Waals surface area (Å²) in [4.78, 5) is 18.5. The third-order valence-electron chi connectivity index (χ3n) is 2.49. The maximum Gasteiger partial charge on any atom is 0.263 e. The molecule has 0 fully saturated rings. The van der Waals surface area contributed by atoms with Gasteiger partial charge in [0.05, 0.1) is 11.9 Å². The van der Waals surface area contributed by atoms with Crippen LogP contribution in [-0.2, 0) is 13.0 Å². The van der Waals surface area contributed by atoms with Crippen LogP contribution in [0.4, 0.5) is 0 Å². The molecule has 4 heteroatoms. The summed E-state index contributed by atoms with van der Waals surface area (Å²) in [6.45, 7) is 4.16. The van der Waals surface area contributed by atoms with E-state index in [9.17, 15) is 4.79 Å². The fourth-order valence-electron chi connectivity index (χ4n) is 1.62. The van der Waals surface area contributed by atoms with Crippen molar-refractivity contribution in [3.8, 4) is 12.3 Å². The molecule has 0 aromatic carbocycles. The molecule has 0 aliphatic carbocycles. The number of rotatable bonds is 2. The standard InChI is InChI=1S/C12H12N2OS/c1-4-6-14-8(3)13-11-10(12(14)15)7-9(5-2)16-11/h1,7H,5-6H2,2-3H3. The van der Waals surface area contributed by atoms with Gasteiger partial charge in [-0.25, -0.2) is 4.98 Å². The first-order valence-electron chi connectivity index (χ1n) is 5.10. The Kier molecular flexibility index (Phi) is 2.80. The van der Waals surface area contributed by atoms with Gasteiger partial charge in [0.25, 0.3) is 5.56 Å². The van der Waals surface area contributed by atoms with Crippen LogP contribution in [0.5, 0.6) is 0 Å². The molecular formula is C12H12N2OS. The van der Waals surface area contributed by atoms with E-state index in [0.717, 1.165) is 11.3 Å². The van der Waals surface area contributed by atoms with Gasteiger partial charge in [-0.2, -0.15) is 0 Å². The van der Waals surface area contributed by atoms with Crippen molar-refractivity contribution in [2.45, 2.75) is 26.8 Å². The predicted molar refractivity (Wildman–Crippen MR) is 66.8 cm³/mol. The minimum absolute atomic E-state index is 0.0311. The number of aromatic nitrogens is 2. The van der Waals surface area contributed by atoms with Crippen LogP contribution in [0.2, 0.25) is 0 Å². The van der Waals surface area contributed by atoms with Crippen LogP contribution in [-0.4, -0.2) is 9.55 Å². The van der Waals surface area contributed by atoms with E-state index in [-0.39, 0.29) is 12.1 Å². The second-order valence-electron chi connectivity index (χ2n) is 3.54. The summed E-state index contributed by atoms with van der Waals surface area (Å²) in [5.74, 6) is 3.16. The van der Waals surface area contributed by atoms with E-state index in [0.29, 0.717) is 11.2 Å². The van der Waals surface area contributed by atoms with Gasteiger partial charge in [-0.15, -0.1) is 17.8 Å². The van der Waals surface area contributed by atoms with E-state index in [4.69, 9.17) is 6.42 Å². The molecule has 82 valence electrons. The number of thiophene rings is 1. The highest BCUT2D eigenvalue weighted by Crippen LogP contribution is 2.21. The summed E-state index contributed by atoms with van der Waals surface area (Å²) in [5.41, 5.74) is -0.0311. The van der Waals surface area contributed by atoms with Crippen LogP contribution in [0.3, 0.4) is 0 Å². The number of hydrogen-bond donors (Lipinski definition) is 0. The van der Waals surface area contributed by atoms with Crippen molar-refractivity contribution < 1.29 is 0 Å². The minimum atomic E-state index is -0.0311. The van der Waals surface area contributed by atoms with Crippen molar-refractivity contribution in [3.63, 3.8) is 0 Å². The normalized spacial score (nSPS) is 10.6. The molecule has 0 amide bonds. The van der Waals surface area contributed by atoms with E-state index in [2.05, 4.69) is 17.8 Å². The topological polar surface area (TPSA) is 34.9 Å². The lowest BCUT2D eigenvalue weighted by molar-refractivity contribution is 0.743. The summed E-state index contributed by atoms with van der Waals surface area (Å²) in [6.07, 6.45) is 6.16. The summed E-state index contributed by atoms with van der Waals surface area (Å²) in [5, 5.41) is 0.683. The van der Waals surface area contributed by atoms with Crippen molar-refractivity contribution >= 4 is 21.6 Å². The Morgan fingerprint density at radius 2 is 2.38 bits per heavy atom. The number of aryl methyl sites for hydroxylation is 2. The molecule has 2 aromatic heterocycles. The summed E-state index contributed by atoms with van der Waals surface area (Å²) < 4.78 is 1.54. The lowest BCUT2D eigenvalue weighted by Gasteiger charge is -2.04. The van der Waals surface area contributed by atoms with E-state index < -0.39 is 0 Å². The van der Waals surface area contributed by atoms with Crippen molar-refractivity contribution in [1.82, 2.24) is 9.55 Å². The Hall–Kier alpha value is -1.60. The monoisotopic (exact) mass is 232 g/mol. The maximum absolute atomic E-state index is 12.1. The van der Waals surface area contributed by atoms with Crippen LogP contribution in [0.15, 0.2) is 10.9 Å². The summed E-state index contributed by atoms with van der Waals surface area (Å²) >= 11 is 1.58. The van der Waals surface area contributed by atoms with E-state index in [1.807, 2.05) is 13.0 Å². The van der Waals surface area contributed by atoms with Crippen LogP contribution >= 0.6 is 11.3 Å². The minimum Gasteiger partial charge on any atom is -0.284 e. The number of fused-ring (bicyclic) bond motifs is 1. The van der Waals surface area contributed by atoms with Crippen LogP contribution < -0.4 is 5.56 Å². The van der Waals surface area contributed by atoms with Crippen molar-refractivity contribution in [2.75, 3.05) is 0 Å². The van der Waals surface area contributed by atoms with Crippen molar-refractivity contribution in [3.05, 3.63) is 27.1 Å². The summed E-state index contributed by atoms with van der Waals surface area (Å²) in [7, 11) is 0. The van der Waals surface area contributed by atoms with Gasteiger partial charge in [0.1, 0.15) is 10.7 Å². The molecule has 0 saturated carbocycles. The molecule has 2 heterocycles. The summed E-state index contributed by atoms with van der Waals surface area (Å²) in [6, 6.07) is 1.92. The van der Waals surface area contributed by atoms with Crippen LogP contribution in [0.1, 0.15) is 17.6 Å². The first-order valence-corrected chi connectivity index (χ1v) is 5.92. The highest BCUT2D eigenvalue weighted by molar-refractivity contribution is 7.18. The van der Waals surface area contributed by atoms with E-state index in [1.165, 1.54) is 9.44 Å². The third-order valence-corrected chi connectivity index (χ3v) is 3.66. The molecule has 0 atom stereocenters. The molecule has 0 radical (unpaired) electrons. The SMILES string of the molecule is C#CCn1c(C)nc2sc(CC)cc2c1=O. The van der Waals surface area contributed by atoms with Gasteiger partial charge < -0.3 is 0 Å². The average molecular weight is 232 g/mol. The van der Waals surface area contributed by atoms with Gasteiger partial charge in [0.15, 0.2) is 0 Å². The Morgan fingerprint density at radius 1 is 1.62 bits per heavy atom. The lowest BCUT2D eigenvalue weighted by atomic mass is 10.3. The molecule has 0 saturated heterocycles. The van der Waals surface area contributed by atoms with Gasteiger partial charge in [-0.1, -0.05) is 12.8 Å². The molecule has 16 heavy (non-hydrogen) atoms. The fourth-order valence-corrected chi connectivity index (χ4v) is 2.62. The molecule has 0 aliphatic rings. The number of hydrogen-bond acceptors (Lipinski definition) is 3. The lowest BCUT2D eigenvalue weighted by Crippen LogP contribution is -2.22. The Labute approximate surface area is 97.8 Å². The quantitative estimate of drug-likeness (QED) is 0.742. The zero-order chi connectivity index (χ0) is 11.7. The predicted octanol–water partition coefficient (Wildman–Crippen LogP) is 1.96. The average Bonchev–Trinajstić information content (AvgIpc) is 2.67. The zero-order valence-electron chi connectivity index (χ0n) is 9.28. The smallest absolute Gasteiger partial charge is 0.263 e. The van der Waals surface area contributed by atoms with Gasteiger partial charge in [-0.05, 0) is 19.4 Å². The molecule has 2 aromatic rings. The molecule has 0 spiro atoms. The Morgan fingerprint density at radius 3 is 3.00 bits per heavy atom. The van der Waals surface area contributed by atoms with Crippen LogP contribution in [0, 0.1) is 19.3 Å². The Balaban J connectivity index is 2.77. The largest absolute Gasteiger partial charge is 0.284 e. The molecule has 0 N–H and O–H groups in total. The van der Waals surface area contributed by atoms with Crippen LogP contribution in [0.25, 0.3) is 10.2 Å². The highest BCUT2D eigenvalue weighted by Gasteiger charge is 2.10. The highest BCUT2D eigenvalue weighted by atomic mass is 32.1. The number of nitrogens with zero attached hydrogens (tertiary/aromatic N) is 2. The number of terminal acetylenes is 1. The molecule has 2 rings (SSSR count). The first kappa shape index (κ1) is 10.9. The second kappa shape index (κ2) is 4.11. The molecule has 0 aliphatic heterocycles. The Bertz CT molecular complexity index is 631. The first-order chi connectivity index (χ1) is 7.67. The van der Waals surface area contributed by atoms with E-state index >= 15 is 0 Å². The van der Waals surface area contributed by atoms with Gasteiger partial charge >= 0.3 is 0 Å². The maximum atomic E-state index is 12.1. The second-order valence-corrected chi connectivity index (χ2v) is 4.65. The molecule has 3 nitrogen and oxygen atoms in total. The molecule has 0 unspecified atom stereocenters. The van der Waals surface area contributed by atoms with E-state index in [1.54, 1.807) is 11.3 Å². The van der Waals surface area contributed by atoms with Crippen molar-refractivity contribution in [2.24, 2.45) is 0 Å². The molecular weight excluding hydrogens is 220 g/mol.